The van der Waals surface area contributed by atoms with E-state index in [1.54, 1.807) is 18.6 Å². The number of aromatic nitrogens is 4. The third-order valence-corrected chi connectivity index (χ3v) is 4.05. The smallest absolute Gasteiger partial charge is 0.132 e. The maximum atomic E-state index is 4.57. The first-order valence-electron chi connectivity index (χ1n) is 8.10. The van der Waals surface area contributed by atoms with Gasteiger partial charge in [0.05, 0.1) is 23.8 Å². The van der Waals surface area contributed by atoms with E-state index in [0.29, 0.717) is 0 Å². The summed E-state index contributed by atoms with van der Waals surface area (Å²) in [5, 5.41) is 3.24. The van der Waals surface area contributed by atoms with Crippen LogP contribution in [0.15, 0.2) is 55.1 Å². The van der Waals surface area contributed by atoms with Crippen LogP contribution < -0.4 is 10.2 Å². The molecule has 6 heteroatoms. The summed E-state index contributed by atoms with van der Waals surface area (Å²) < 4.78 is 0. The Hall–Kier alpha value is -3.02. The highest BCUT2D eigenvalue weighted by atomic mass is 15.2. The molecule has 0 bridgehead atoms. The Balaban J connectivity index is 1.51. The van der Waals surface area contributed by atoms with Crippen molar-refractivity contribution in [2.45, 2.75) is 12.8 Å². The summed E-state index contributed by atoms with van der Waals surface area (Å²) in [5.41, 5.74) is 2.71. The lowest BCUT2D eigenvalue weighted by molar-refractivity contribution is 0.949. The molecule has 1 aliphatic heterocycles. The van der Waals surface area contributed by atoms with Crippen LogP contribution in [0.1, 0.15) is 12.8 Å². The second kappa shape index (κ2) is 6.62. The molecular formula is C18H18N6. The monoisotopic (exact) mass is 318 g/mol. The van der Waals surface area contributed by atoms with Gasteiger partial charge in [-0.2, -0.15) is 0 Å². The van der Waals surface area contributed by atoms with Crippen LogP contribution in [0.4, 0.5) is 17.3 Å². The molecule has 6 nitrogen and oxygen atoms in total. The van der Waals surface area contributed by atoms with E-state index in [-0.39, 0.29) is 0 Å². The van der Waals surface area contributed by atoms with Gasteiger partial charge in [-0.1, -0.05) is 6.07 Å². The van der Waals surface area contributed by atoms with Gasteiger partial charge in [0.25, 0.3) is 0 Å². The zero-order valence-electron chi connectivity index (χ0n) is 13.3. The summed E-state index contributed by atoms with van der Waals surface area (Å²) in [4.78, 5) is 19.8. The predicted octanol–water partition coefficient (Wildman–Crippen LogP) is 3.28. The van der Waals surface area contributed by atoms with Gasteiger partial charge in [0.2, 0.25) is 0 Å². The molecule has 1 N–H and O–H groups in total. The van der Waals surface area contributed by atoms with Gasteiger partial charge in [0.1, 0.15) is 17.3 Å². The van der Waals surface area contributed by atoms with E-state index in [1.807, 2.05) is 30.5 Å². The summed E-state index contributed by atoms with van der Waals surface area (Å²) in [6, 6.07) is 9.87. The Kier molecular flexibility index (Phi) is 4.02. The van der Waals surface area contributed by atoms with Crippen molar-refractivity contribution in [2.24, 2.45) is 0 Å². The molecule has 0 amide bonds. The first-order chi connectivity index (χ1) is 11.9. The van der Waals surface area contributed by atoms with Crippen LogP contribution in [0, 0.1) is 0 Å². The van der Waals surface area contributed by atoms with Crippen LogP contribution in [-0.2, 0) is 0 Å². The molecule has 0 radical (unpaired) electrons. The second-order valence-electron chi connectivity index (χ2n) is 5.72. The third kappa shape index (κ3) is 3.17. The van der Waals surface area contributed by atoms with Crippen molar-refractivity contribution in [1.82, 2.24) is 19.9 Å². The molecule has 4 heterocycles. The molecule has 1 saturated heterocycles. The SMILES string of the molecule is c1cc(Nc2ccc(N3CCCC3)cn2)nc(-c2cnccn2)c1. The minimum absolute atomic E-state index is 0.736. The fourth-order valence-corrected chi connectivity index (χ4v) is 2.83. The van der Waals surface area contributed by atoms with Crippen LogP contribution in [0.2, 0.25) is 0 Å². The van der Waals surface area contributed by atoms with Crippen LogP contribution in [-0.4, -0.2) is 33.0 Å². The van der Waals surface area contributed by atoms with Crippen molar-refractivity contribution in [1.29, 1.82) is 0 Å². The molecule has 3 aromatic heterocycles. The summed E-state index contributed by atoms with van der Waals surface area (Å²) in [7, 11) is 0. The average molecular weight is 318 g/mol. The van der Waals surface area contributed by atoms with Gasteiger partial charge in [0, 0.05) is 25.5 Å². The Morgan fingerprint density at radius 2 is 1.75 bits per heavy atom. The highest BCUT2D eigenvalue weighted by Crippen LogP contribution is 2.22. The lowest BCUT2D eigenvalue weighted by Crippen LogP contribution is -2.17. The summed E-state index contributed by atoms with van der Waals surface area (Å²) >= 11 is 0. The molecule has 1 aliphatic rings. The molecule has 120 valence electrons. The lowest BCUT2D eigenvalue weighted by atomic mass is 10.3. The Labute approximate surface area is 140 Å². The highest BCUT2D eigenvalue weighted by molar-refractivity contribution is 5.60. The van der Waals surface area contributed by atoms with Gasteiger partial charge in [0.15, 0.2) is 0 Å². The summed E-state index contributed by atoms with van der Waals surface area (Å²) in [5.74, 6) is 1.52. The predicted molar refractivity (Wildman–Crippen MR) is 94.2 cm³/mol. The normalized spacial score (nSPS) is 13.9. The van der Waals surface area contributed by atoms with Gasteiger partial charge in [-0.15, -0.1) is 0 Å². The van der Waals surface area contributed by atoms with Crippen molar-refractivity contribution < 1.29 is 0 Å². The minimum atomic E-state index is 0.736. The Bertz CT molecular complexity index is 797. The van der Waals surface area contributed by atoms with Crippen molar-refractivity contribution in [2.75, 3.05) is 23.3 Å². The zero-order chi connectivity index (χ0) is 16.2. The molecular weight excluding hydrogens is 300 g/mol. The van der Waals surface area contributed by atoms with E-state index in [1.165, 1.54) is 18.5 Å². The molecule has 1 fully saturated rings. The van der Waals surface area contributed by atoms with E-state index in [0.717, 1.165) is 36.1 Å². The van der Waals surface area contributed by atoms with Gasteiger partial charge in [-0.05, 0) is 37.1 Å². The molecule has 3 aromatic rings. The first-order valence-corrected chi connectivity index (χ1v) is 8.10. The van der Waals surface area contributed by atoms with Crippen LogP contribution >= 0.6 is 0 Å². The molecule has 0 saturated carbocycles. The quantitative estimate of drug-likeness (QED) is 0.796. The van der Waals surface area contributed by atoms with Crippen molar-refractivity contribution in [3.05, 3.63) is 55.1 Å². The maximum Gasteiger partial charge on any atom is 0.132 e. The molecule has 0 aliphatic carbocycles. The number of hydrogen-bond acceptors (Lipinski definition) is 6. The van der Waals surface area contributed by atoms with E-state index in [9.17, 15) is 0 Å². The van der Waals surface area contributed by atoms with Crippen LogP contribution in [0.5, 0.6) is 0 Å². The molecule has 0 spiro atoms. The minimum Gasteiger partial charge on any atom is -0.370 e. The van der Waals surface area contributed by atoms with Crippen LogP contribution in [0.3, 0.4) is 0 Å². The average Bonchev–Trinajstić information content (AvgIpc) is 3.18. The standard InChI is InChI=1S/C18H18N6/c1-2-11-24(10-1)14-6-7-17(21-12-14)23-18-5-3-4-15(22-18)16-13-19-8-9-20-16/h3-9,12-13H,1-2,10-11H2,(H,21,22,23). The largest absolute Gasteiger partial charge is 0.370 e. The van der Waals surface area contributed by atoms with Crippen molar-refractivity contribution >= 4 is 17.3 Å². The number of hydrogen-bond donors (Lipinski definition) is 1. The maximum absolute atomic E-state index is 4.57. The fourth-order valence-electron chi connectivity index (χ4n) is 2.83. The molecule has 0 aromatic carbocycles. The number of rotatable bonds is 4. The third-order valence-electron chi connectivity index (χ3n) is 4.05. The summed E-state index contributed by atoms with van der Waals surface area (Å²) in [6.07, 6.45) is 9.46. The Morgan fingerprint density at radius 1 is 0.833 bits per heavy atom. The first kappa shape index (κ1) is 14.6. The zero-order valence-corrected chi connectivity index (χ0v) is 13.3. The van der Waals surface area contributed by atoms with Gasteiger partial charge in [-0.3, -0.25) is 9.97 Å². The highest BCUT2D eigenvalue weighted by Gasteiger charge is 2.12. The molecule has 0 unspecified atom stereocenters. The van der Waals surface area contributed by atoms with Crippen LogP contribution in [0.25, 0.3) is 11.4 Å². The van der Waals surface area contributed by atoms with Gasteiger partial charge < -0.3 is 10.2 Å². The van der Waals surface area contributed by atoms with Crippen molar-refractivity contribution in [3.8, 4) is 11.4 Å². The Morgan fingerprint density at radius 3 is 2.50 bits per heavy atom. The van der Waals surface area contributed by atoms with Crippen molar-refractivity contribution in [3.63, 3.8) is 0 Å². The van der Waals surface area contributed by atoms with E-state index < -0.39 is 0 Å². The molecule has 0 atom stereocenters. The van der Waals surface area contributed by atoms with Gasteiger partial charge in [-0.25, -0.2) is 9.97 Å². The van der Waals surface area contributed by atoms with E-state index in [4.69, 9.17) is 0 Å². The number of nitrogens with zero attached hydrogens (tertiary/aromatic N) is 5. The van der Waals surface area contributed by atoms with E-state index >= 15 is 0 Å². The van der Waals surface area contributed by atoms with Gasteiger partial charge >= 0.3 is 0 Å². The summed E-state index contributed by atoms with van der Waals surface area (Å²) in [6.45, 7) is 2.24. The lowest BCUT2D eigenvalue weighted by Gasteiger charge is -2.17. The molecule has 4 rings (SSSR count). The number of pyridine rings is 2. The second-order valence-corrected chi connectivity index (χ2v) is 5.72. The topological polar surface area (TPSA) is 66.8 Å². The number of anilines is 3. The molecule has 24 heavy (non-hydrogen) atoms. The van der Waals surface area contributed by atoms with E-state index in [2.05, 4.69) is 36.2 Å². The fraction of sp³-hybridized carbons (Fsp3) is 0.222. The number of nitrogens with one attached hydrogen (secondary N) is 1.